The second-order valence-corrected chi connectivity index (χ2v) is 0.253. The van der Waals surface area contributed by atoms with E-state index in [4.69, 9.17) is 9.90 Å². The van der Waals surface area contributed by atoms with E-state index < -0.39 is 6.22 Å². The maximum atomic E-state index is 9.92. The molecule has 5 heteroatoms. The Kier molecular flexibility index (Phi) is 25.6. The maximum absolute atomic E-state index is 9.92. The third-order valence-corrected chi connectivity index (χ3v) is 0. The van der Waals surface area contributed by atoms with E-state index in [2.05, 4.69) is 0 Å². The van der Waals surface area contributed by atoms with E-state index in [9.17, 15) is 4.39 Å². The van der Waals surface area contributed by atoms with Crippen molar-refractivity contribution in [1.29, 1.82) is 0 Å². The van der Waals surface area contributed by atoms with Crippen LogP contribution in [0, 0.1) is 0 Å². The van der Waals surface area contributed by atoms with Crippen molar-refractivity contribution >= 4 is 73.5 Å². The van der Waals surface area contributed by atoms with E-state index in [0.717, 1.165) is 0 Å². The molecule has 0 aliphatic carbocycles. The van der Waals surface area contributed by atoms with Crippen LogP contribution in [0.1, 0.15) is 0 Å². The van der Waals surface area contributed by atoms with Gasteiger partial charge in [0.05, 0.1) is 0 Å². The summed E-state index contributed by atoms with van der Waals surface area (Å²) in [5.41, 5.74) is 0. The van der Waals surface area contributed by atoms with Crippen molar-refractivity contribution < 1.29 is 14.3 Å². The van der Waals surface area contributed by atoms with Crippen molar-refractivity contribution in [3.8, 4) is 0 Å². The average Bonchev–Trinajstić information content (AvgIpc) is 0.811. The first-order valence-electron chi connectivity index (χ1n) is 0.617. The molecule has 0 unspecified atom stereocenters. The van der Waals surface area contributed by atoms with E-state index in [1.165, 1.54) is 0 Å². The Morgan fingerprint density at radius 1 is 1.67 bits per heavy atom. The Bertz CT molecular complexity index is 36.5. The first-order valence-corrected chi connectivity index (χ1v) is 0.617. The number of halogens is 1. The van der Waals surface area contributed by atoms with Gasteiger partial charge in [-0.15, -0.1) is 4.39 Å². The third kappa shape index (κ3) is 44.6. The monoisotopic (exact) mass is 130 g/mol. The van der Waals surface area contributed by atoms with Gasteiger partial charge < -0.3 is 5.11 Å². The van der Waals surface area contributed by atoms with Gasteiger partial charge in [-0.1, -0.05) is 0 Å². The van der Waals surface area contributed by atoms with Crippen LogP contribution in [0.3, 0.4) is 0 Å². The van der Waals surface area contributed by atoms with E-state index in [1.54, 1.807) is 0 Å². The van der Waals surface area contributed by atoms with Crippen molar-refractivity contribution in [3.05, 3.63) is 0 Å². The molecule has 0 rings (SSSR count). The van der Waals surface area contributed by atoms with Gasteiger partial charge >= 0.3 is 73.5 Å². The molecule has 0 saturated carbocycles. The first-order chi connectivity index (χ1) is 1.73. The van der Waals surface area contributed by atoms with E-state index in [-0.39, 0.29) is 67.3 Å². The molecule has 0 spiro atoms. The fourth-order valence-corrected chi connectivity index (χ4v) is 0. The van der Waals surface area contributed by atoms with Crippen LogP contribution in [0.2, 0.25) is 0 Å². The molecule has 0 bridgehead atoms. The molecular weight excluding hydrogens is 126 g/mol. The molecule has 0 fully saturated rings. The molecule has 0 heterocycles. The Labute approximate surface area is 86.4 Å². The van der Waals surface area contributed by atoms with Crippen LogP contribution < -0.4 is 0 Å². The second-order valence-electron chi connectivity index (χ2n) is 0.253. The summed E-state index contributed by atoms with van der Waals surface area (Å²) >= 11 is 0. The van der Waals surface area contributed by atoms with Gasteiger partial charge in [-0.25, -0.2) is 4.79 Å². The van der Waals surface area contributed by atoms with Crippen LogP contribution in [0.25, 0.3) is 0 Å². The Hall–Kier alpha value is 1.66. The molecule has 0 aromatic rings. The summed E-state index contributed by atoms with van der Waals surface area (Å²) < 4.78 is 9.92. The summed E-state index contributed by atoms with van der Waals surface area (Å²) in [6, 6.07) is 0. The molecule has 0 aromatic heterocycles. The van der Waals surface area contributed by atoms with Crippen LogP contribution in [-0.2, 0) is 0 Å². The molecule has 2 nitrogen and oxygen atoms in total. The van der Waals surface area contributed by atoms with Crippen molar-refractivity contribution in [3.63, 3.8) is 0 Å². The standard InChI is InChI=1S/CHFO2.Ca.Na.3H/c2-1(3)4;;;;;/h(H,3,4);;;;;. The summed E-state index contributed by atoms with van der Waals surface area (Å²) in [4.78, 5) is 8.33. The molecule has 0 atom stereocenters. The van der Waals surface area contributed by atoms with Gasteiger partial charge in [0.15, 0.2) is 0 Å². The molecule has 30 valence electrons. The second kappa shape index (κ2) is 9.82. The van der Waals surface area contributed by atoms with Gasteiger partial charge in [0.2, 0.25) is 0 Å². The molecule has 6 heavy (non-hydrogen) atoms. The predicted molar refractivity (Wildman–Crippen MR) is 24.8 cm³/mol. The van der Waals surface area contributed by atoms with Crippen molar-refractivity contribution in [2.45, 2.75) is 0 Å². The zero-order valence-electron chi connectivity index (χ0n) is 1.73. The number of hydrogen-bond acceptors (Lipinski definition) is 1. The van der Waals surface area contributed by atoms with E-state index >= 15 is 0 Å². The van der Waals surface area contributed by atoms with E-state index in [1.807, 2.05) is 0 Å². The van der Waals surface area contributed by atoms with Gasteiger partial charge in [0.25, 0.3) is 0 Å². The zero-order valence-corrected chi connectivity index (χ0v) is 1.73. The Morgan fingerprint density at radius 3 is 1.67 bits per heavy atom. The summed E-state index contributed by atoms with van der Waals surface area (Å²) in [6.45, 7) is 0. The molecule has 0 radical (unpaired) electrons. The zero-order chi connectivity index (χ0) is 3.58. The number of carbonyl (C=O) groups is 1. The average molecular weight is 130 g/mol. The Balaban J connectivity index is -0.0000000450. The van der Waals surface area contributed by atoms with Crippen LogP contribution in [0.15, 0.2) is 0 Å². The molecule has 0 saturated heterocycles. The fraction of sp³-hybridized carbons (Fsp3) is 0. The van der Waals surface area contributed by atoms with Crippen molar-refractivity contribution in [2.24, 2.45) is 0 Å². The van der Waals surface area contributed by atoms with Gasteiger partial charge in [0.1, 0.15) is 0 Å². The van der Waals surface area contributed by atoms with Gasteiger partial charge in [0, 0.05) is 0 Å². The molecule has 0 aromatic carbocycles. The van der Waals surface area contributed by atoms with Crippen LogP contribution in [0.4, 0.5) is 9.18 Å². The van der Waals surface area contributed by atoms with Crippen molar-refractivity contribution in [2.75, 3.05) is 0 Å². The van der Waals surface area contributed by atoms with E-state index in [0.29, 0.717) is 0 Å². The van der Waals surface area contributed by atoms with Crippen LogP contribution >= 0.6 is 0 Å². The van der Waals surface area contributed by atoms with Gasteiger partial charge in [-0.3, -0.25) is 0 Å². The minimum absolute atomic E-state index is 0. The van der Waals surface area contributed by atoms with Gasteiger partial charge in [-0.05, 0) is 0 Å². The predicted octanol–water partition coefficient (Wildman–Crippen LogP) is -0.931. The normalized spacial score (nSPS) is 4.17. The molecule has 0 aliphatic rings. The SMILES string of the molecule is O=C(O)F.[CaH2].[NaH]. The number of carboxylic acid groups (broad SMARTS) is 1. The number of rotatable bonds is 0. The number of hydrogen-bond donors (Lipinski definition) is 1. The molecule has 0 amide bonds. The van der Waals surface area contributed by atoms with Crippen LogP contribution in [-0.4, -0.2) is 78.6 Å². The fourth-order valence-electron chi connectivity index (χ4n) is 0. The van der Waals surface area contributed by atoms with Gasteiger partial charge in [-0.2, -0.15) is 0 Å². The summed E-state index contributed by atoms with van der Waals surface area (Å²) in [6.07, 6.45) is -2.33. The van der Waals surface area contributed by atoms with Crippen molar-refractivity contribution in [1.82, 2.24) is 0 Å². The van der Waals surface area contributed by atoms with Crippen LogP contribution in [0.5, 0.6) is 0 Å². The molecule has 0 aliphatic heterocycles. The summed E-state index contributed by atoms with van der Waals surface area (Å²) in [5.74, 6) is 0. The topological polar surface area (TPSA) is 37.3 Å². The first kappa shape index (κ1) is 15.6. The third-order valence-electron chi connectivity index (χ3n) is 0. The molecule has 1 N–H and O–H groups in total. The molecular formula is CH4CaFNaO2. The summed E-state index contributed by atoms with van der Waals surface area (Å²) in [5, 5.41) is 6.75. The Morgan fingerprint density at radius 2 is 1.67 bits per heavy atom. The minimum atomic E-state index is -2.33. The quantitative estimate of drug-likeness (QED) is 0.340. The summed E-state index contributed by atoms with van der Waals surface area (Å²) in [7, 11) is 0.